The van der Waals surface area contributed by atoms with Crippen LogP contribution in [0.15, 0.2) is 0 Å². The van der Waals surface area contributed by atoms with Crippen LogP contribution < -0.4 is 5.32 Å². The summed E-state index contributed by atoms with van der Waals surface area (Å²) in [4.78, 5) is 23.9. The second kappa shape index (κ2) is 7.65. The van der Waals surface area contributed by atoms with Crippen LogP contribution in [-0.2, 0) is 14.3 Å². The maximum Gasteiger partial charge on any atom is 0.326 e. The average molecular weight is 327 g/mol. The zero-order valence-corrected chi connectivity index (χ0v) is 15.4. The standard InChI is InChI=1S/C18H33NO4/c1-12-9-13(11-18(5,6)10-12)15(20)19-14(16(21)22)7-8-23-17(2,3)4/h12-14H,7-11H2,1-6H3,(H,19,20)(H,21,22). The lowest BCUT2D eigenvalue weighted by Gasteiger charge is -2.38. The number of nitrogens with one attached hydrogen (secondary N) is 1. The third-order valence-corrected chi connectivity index (χ3v) is 4.31. The molecule has 0 aromatic rings. The Hall–Kier alpha value is -1.10. The molecule has 23 heavy (non-hydrogen) atoms. The molecule has 1 saturated carbocycles. The molecule has 0 aromatic carbocycles. The smallest absolute Gasteiger partial charge is 0.326 e. The van der Waals surface area contributed by atoms with Gasteiger partial charge in [0.15, 0.2) is 0 Å². The first kappa shape index (κ1) is 19.9. The van der Waals surface area contributed by atoms with Crippen molar-refractivity contribution in [3.8, 4) is 0 Å². The SMILES string of the molecule is CC1CC(C(=O)NC(CCOC(C)(C)C)C(=O)O)CC(C)(C)C1. The Kier molecular flexibility index (Phi) is 6.63. The maximum atomic E-state index is 12.5. The van der Waals surface area contributed by atoms with Crippen LogP contribution in [0, 0.1) is 17.3 Å². The summed E-state index contributed by atoms with van der Waals surface area (Å²) in [6.45, 7) is 12.6. The van der Waals surface area contributed by atoms with Gasteiger partial charge in [0.05, 0.1) is 5.60 Å². The van der Waals surface area contributed by atoms with Crippen LogP contribution in [0.4, 0.5) is 0 Å². The van der Waals surface area contributed by atoms with Crippen LogP contribution in [-0.4, -0.2) is 35.2 Å². The zero-order chi connectivity index (χ0) is 17.8. The van der Waals surface area contributed by atoms with Gasteiger partial charge < -0.3 is 15.2 Å². The monoisotopic (exact) mass is 327 g/mol. The molecular formula is C18H33NO4. The highest BCUT2D eigenvalue weighted by Gasteiger charge is 2.36. The van der Waals surface area contributed by atoms with E-state index < -0.39 is 12.0 Å². The number of ether oxygens (including phenoxy) is 1. The molecule has 1 aliphatic carbocycles. The van der Waals surface area contributed by atoms with Crippen molar-refractivity contribution in [3.05, 3.63) is 0 Å². The fraction of sp³-hybridized carbons (Fsp3) is 0.889. The fourth-order valence-electron chi connectivity index (χ4n) is 3.58. The molecule has 1 aliphatic rings. The number of amides is 1. The number of hydrogen-bond donors (Lipinski definition) is 2. The molecule has 0 heterocycles. The van der Waals surface area contributed by atoms with Crippen molar-refractivity contribution >= 4 is 11.9 Å². The first-order chi connectivity index (χ1) is 10.4. The lowest BCUT2D eigenvalue weighted by molar-refractivity contribution is -0.144. The molecule has 3 atom stereocenters. The third-order valence-electron chi connectivity index (χ3n) is 4.31. The van der Waals surface area contributed by atoms with Crippen LogP contribution >= 0.6 is 0 Å². The molecule has 0 aliphatic heterocycles. The van der Waals surface area contributed by atoms with E-state index in [2.05, 4.69) is 26.1 Å². The first-order valence-corrected chi connectivity index (χ1v) is 8.57. The molecule has 1 rings (SSSR count). The Morgan fingerprint density at radius 2 is 1.91 bits per heavy atom. The summed E-state index contributed by atoms with van der Waals surface area (Å²) in [7, 11) is 0. The van der Waals surface area contributed by atoms with Crippen molar-refractivity contribution in [3.63, 3.8) is 0 Å². The van der Waals surface area contributed by atoms with Crippen LogP contribution in [0.5, 0.6) is 0 Å². The third kappa shape index (κ3) is 7.34. The van der Waals surface area contributed by atoms with E-state index in [4.69, 9.17) is 4.74 Å². The summed E-state index contributed by atoms with van der Waals surface area (Å²) in [5, 5.41) is 12.0. The van der Waals surface area contributed by atoms with Gasteiger partial charge in [-0.25, -0.2) is 4.79 Å². The van der Waals surface area contributed by atoms with Crippen LogP contribution in [0.25, 0.3) is 0 Å². The van der Waals surface area contributed by atoms with E-state index >= 15 is 0 Å². The maximum absolute atomic E-state index is 12.5. The van der Waals surface area contributed by atoms with Crippen molar-refractivity contribution in [2.45, 2.75) is 78.9 Å². The van der Waals surface area contributed by atoms with Crippen LogP contribution in [0.2, 0.25) is 0 Å². The van der Waals surface area contributed by atoms with Crippen molar-refractivity contribution in [2.75, 3.05) is 6.61 Å². The van der Waals surface area contributed by atoms with E-state index in [0.717, 1.165) is 19.3 Å². The van der Waals surface area contributed by atoms with Crippen molar-refractivity contribution in [2.24, 2.45) is 17.3 Å². The van der Waals surface area contributed by atoms with Crippen molar-refractivity contribution < 1.29 is 19.4 Å². The Labute approximate surface area is 140 Å². The van der Waals surface area contributed by atoms with Gasteiger partial charge in [-0.3, -0.25) is 4.79 Å². The molecule has 1 amide bonds. The van der Waals surface area contributed by atoms with Gasteiger partial charge in [0.1, 0.15) is 6.04 Å². The summed E-state index contributed by atoms with van der Waals surface area (Å²) >= 11 is 0. The van der Waals surface area contributed by atoms with Gasteiger partial charge in [-0.2, -0.15) is 0 Å². The van der Waals surface area contributed by atoms with Crippen LogP contribution in [0.3, 0.4) is 0 Å². The number of rotatable bonds is 6. The number of hydrogen-bond acceptors (Lipinski definition) is 3. The van der Waals surface area contributed by atoms with Gasteiger partial charge in [-0.15, -0.1) is 0 Å². The molecule has 5 heteroatoms. The zero-order valence-electron chi connectivity index (χ0n) is 15.4. The van der Waals surface area contributed by atoms with E-state index in [1.807, 2.05) is 20.8 Å². The minimum Gasteiger partial charge on any atom is -0.480 e. The lowest BCUT2D eigenvalue weighted by Crippen LogP contribution is -2.46. The molecule has 0 radical (unpaired) electrons. The first-order valence-electron chi connectivity index (χ1n) is 8.57. The molecule has 0 bridgehead atoms. The Morgan fingerprint density at radius 3 is 2.39 bits per heavy atom. The van der Waals surface area contributed by atoms with Gasteiger partial charge in [0, 0.05) is 18.9 Å². The van der Waals surface area contributed by atoms with E-state index in [9.17, 15) is 14.7 Å². The largest absolute Gasteiger partial charge is 0.480 e. The highest BCUT2D eigenvalue weighted by Crippen LogP contribution is 2.41. The summed E-state index contributed by atoms with van der Waals surface area (Å²) in [5.74, 6) is -0.743. The average Bonchev–Trinajstić information content (AvgIpc) is 2.33. The number of carbonyl (C=O) groups is 2. The summed E-state index contributed by atoms with van der Waals surface area (Å²) in [6, 6.07) is -0.884. The number of carbonyl (C=O) groups excluding carboxylic acids is 1. The van der Waals surface area contributed by atoms with Gasteiger partial charge >= 0.3 is 5.97 Å². The minimum absolute atomic E-state index is 0.0980. The predicted octanol–water partition coefficient (Wildman–Crippen LogP) is 3.22. The number of carboxylic acids is 1. The Balaban J connectivity index is 2.58. The van der Waals surface area contributed by atoms with E-state index in [-0.39, 0.29) is 29.3 Å². The molecule has 5 nitrogen and oxygen atoms in total. The van der Waals surface area contributed by atoms with Gasteiger partial charge in [-0.1, -0.05) is 20.8 Å². The van der Waals surface area contributed by atoms with E-state index in [1.54, 1.807) is 0 Å². The summed E-state index contributed by atoms with van der Waals surface area (Å²) in [5.41, 5.74) is -0.177. The lowest BCUT2D eigenvalue weighted by atomic mass is 9.68. The minimum atomic E-state index is -1.00. The molecular weight excluding hydrogens is 294 g/mol. The molecule has 0 aromatic heterocycles. The second-order valence-corrected chi connectivity index (χ2v) is 8.76. The molecule has 134 valence electrons. The highest BCUT2D eigenvalue weighted by molar-refractivity contribution is 5.85. The van der Waals surface area contributed by atoms with Crippen molar-refractivity contribution in [1.29, 1.82) is 0 Å². The molecule has 2 N–H and O–H groups in total. The van der Waals surface area contributed by atoms with Gasteiger partial charge in [0.25, 0.3) is 0 Å². The summed E-state index contributed by atoms with van der Waals surface area (Å²) < 4.78 is 5.57. The molecule has 3 unspecified atom stereocenters. The quantitative estimate of drug-likeness (QED) is 0.785. The van der Waals surface area contributed by atoms with E-state index in [0.29, 0.717) is 12.5 Å². The second-order valence-electron chi connectivity index (χ2n) is 8.76. The Bertz CT molecular complexity index is 425. The van der Waals surface area contributed by atoms with Gasteiger partial charge in [-0.05, 0) is 51.4 Å². The molecule has 1 fully saturated rings. The molecule has 0 spiro atoms. The van der Waals surface area contributed by atoms with Gasteiger partial charge in [0.2, 0.25) is 5.91 Å². The normalized spacial score (nSPS) is 25.7. The number of aliphatic carboxylic acids is 1. The fourth-order valence-corrected chi connectivity index (χ4v) is 3.58. The topological polar surface area (TPSA) is 75.6 Å². The van der Waals surface area contributed by atoms with Crippen LogP contribution in [0.1, 0.15) is 67.2 Å². The Morgan fingerprint density at radius 1 is 1.30 bits per heavy atom. The highest BCUT2D eigenvalue weighted by atomic mass is 16.5. The van der Waals surface area contributed by atoms with Crippen molar-refractivity contribution in [1.82, 2.24) is 5.32 Å². The molecule has 0 saturated heterocycles. The van der Waals surface area contributed by atoms with E-state index in [1.165, 1.54) is 0 Å². The summed E-state index contributed by atoms with van der Waals surface area (Å²) in [6.07, 6.45) is 3.04. The number of carboxylic acid groups (broad SMARTS) is 1. The predicted molar refractivity (Wildman–Crippen MR) is 90.2 cm³/mol.